The Labute approximate surface area is 105 Å². The average molecular weight is 253 g/mol. The van der Waals surface area contributed by atoms with Gasteiger partial charge in [0.05, 0.1) is 6.54 Å². The van der Waals surface area contributed by atoms with Gasteiger partial charge in [-0.15, -0.1) is 0 Å². The lowest BCUT2D eigenvalue weighted by atomic mass is 10.1. The van der Waals surface area contributed by atoms with Crippen molar-refractivity contribution in [1.82, 2.24) is 4.90 Å². The number of carbonyl (C=O) groups is 1. The quantitative estimate of drug-likeness (QED) is 0.368. The molecule has 6 heteroatoms. The Balaban J connectivity index is 2.96. The minimum atomic E-state index is -0.460. The third-order valence-corrected chi connectivity index (χ3v) is 2.44. The standard InChI is InChI=1S/C12H16FN3O2/c1-3-16(7-11(14)15-18)12(17)9-4-8(2)5-10(13)6-9/h4-6,18H,3,7H2,1-2H3,(H2,14,15). The molecule has 18 heavy (non-hydrogen) atoms. The number of hydrogen-bond acceptors (Lipinski definition) is 3. The van der Waals surface area contributed by atoms with E-state index in [4.69, 9.17) is 10.9 Å². The monoisotopic (exact) mass is 253 g/mol. The van der Waals surface area contributed by atoms with Crippen LogP contribution in [0.2, 0.25) is 0 Å². The smallest absolute Gasteiger partial charge is 0.254 e. The zero-order valence-electron chi connectivity index (χ0n) is 10.4. The van der Waals surface area contributed by atoms with Gasteiger partial charge in [-0.25, -0.2) is 4.39 Å². The molecule has 1 amide bonds. The van der Waals surface area contributed by atoms with Crippen LogP contribution in [0.15, 0.2) is 23.4 Å². The summed E-state index contributed by atoms with van der Waals surface area (Å²) in [5.41, 5.74) is 6.27. The number of rotatable bonds is 4. The van der Waals surface area contributed by atoms with E-state index in [1.807, 2.05) is 0 Å². The summed E-state index contributed by atoms with van der Waals surface area (Å²) in [5, 5.41) is 11.3. The van der Waals surface area contributed by atoms with Crippen LogP contribution in [0.25, 0.3) is 0 Å². The molecule has 3 N–H and O–H groups in total. The summed E-state index contributed by atoms with van der Waals surface area (Å²) < 4.78 is 13.2. The molecule has 1 aromatic rings. The lowest BCUT2D eigenvalue weighted by Gasteiger charge is -2.20. The van der Waals surface area contributed by atoms with E-state index in [1.165, 1.54) is 17.0 Å². The fraction of sp³-hybridized carbons (Fsp3) is 0.333. The van der Waals surface area contributed by atoms with Crippen LogP contribution in [0.5, 0.6) is 0 Å². The van der Waals surface area contributed by atoms with E-state index in [-0.39, 0.29) is 23.9 Å². The van der Waals surface area contributed by atoms with Gasteiger partial charge in [0.15, 0.2) is 5.84 Å². The van der Waals surface area contributed by atoms with E-state index in [1.54, 1.807) is 19.9 Å². The fourth-order valence-corrected chi connectivity index (χ4v) is 1.60. The summed E-state index contributed by atoms with van der Waals surface area (Å²) in [6.45, 7) is 3.85. The Morgan fingerprint density at radius 1 is 1.50 bits per heavy atom. The Morgan fingerprint density at radius 3 is 2.67 bits per heavy atom. The third-order valence-electron chi connectivity index (χ3n) is 2.44. The predicted octanol–water partition coefficient (Wildman–Crippen LogP) is 1.34. The van der Waals surface area contributed by atoms with Gasteiger partial charge in [-0.2, -0.15) is 0 Å². The van der Waals surface area contributed by atoms with E-state index in [9.17, 15) is 9.18 Å². The van der Waals surface area contributed by atoms with Gasteiger partial charge >= 0.3 is 0 Å². The van der Waals surface area contributed by atoms with Crippen molar-refractivity contribution in [2.45, 2.75) is 13.8 Å². The minimum absolute atomic E-state index is 0.00138. The van der Waals surface area contributed by atoms with Gasteiger partial charge in [0, 0.05) is 12.1 Å². The molecule has 0 unspecified atom stereocenters. The van der Waals surface area contributed by atoms with Gasteiger partial charge < -0.3 is 15.8 Å². The Hall–Kier alpha value is -2.11. The molecule has 0 aromatic heterocycles. The van der Waals surface area contributed by atoms with E-state index in [2.05, 4.69) is 5.16 Å². The van der Waals surface area contributed by atoms with Crippen molar-refractivity contribution in [2.24, 2.45) is 10.9 Å². The van der Waals surface area contributed by atoms with Gasteiger partial charge in [0.25, 0.3) is 5.91 Å². The Kier molecular flexibility index (Phi) is 4.65. The maximum Gasteiger partial charge on any atom is 0.254 e. The minimum Gasteiger partial charge on any atom is -0.409 e. The third kappa shape index (κ3) is 3.44. The number of carbonyl (C=O) groups excluding carboxylic acids is 1. The van der Waals surface area contributed by atoms with E-state index >= 15 is 0 Å². The molecule has 0 aliphatic heterocycles. The molecule has 1 aromatic carbocycles. The van der Waals surface area contributed by atoms with Crippen molar-refractivity contribution in [3.8, 4) is 0 Å². The number of hydrogen-bond donors (Lipinski definition) is 2. The summed E-state index contributed by atoms with van der Waals surface area (Å²) in [6, 6.07) is 4.11. The molecule has 0 radical (unpaired) electrons. The molecule has 1 rings (SSSR count). The highest BCUT2D eigenvalue weighted by molar-refractivity contribution is 5.97. The first kappa shape index (κ1) is 14.0. The fourth-order valence-electron chi connectivity index (χ4n) is 1.60. The van der Waals surface area contributed by atoms with Crippen molar-refractivity contribution in [2.75, 3.05) is 13.1 Å². The molecular formula is C12H16FN3O2. The highest BCUT2D eigenvalue weighted by atomic mass is 19.1. The maximum absolute atomic E-state index is 13.2. The number of amides is 1. The zero-order chi connectivity index (χ0) is 13.7. The van der Waals surface area contributed by atoms with Gasteiger partial charge in [0.1, 0.15) is 5.82 Å². The molecule has 0 aliphatic rings. The van der Waals surface area contributed by atoms with Gasteiger partial charge in [-0.05, 0) is 37.6 Å². The molecule has 5 nitrogen and oxygen atoms in total. The van der Waals surface area contributed by atoms with Crippen LogP contribution in [0, 0.1) is 12.7 Å². The van der Waals surface area contributed by atoms with Gasteiger partial charge in [0.2, 0.25) is 0 Å². The van der Waals surface area contributed by atoms with Gasteiger partial charge in [-0.3, -0.25) is 4.79 Å². The summed E-state index contributed by atoms with van der Waals surface area (Å²) in [6.07, 6.45) is 0. The van der Waals surface area contributed by atoms with Crippen molar-refractivity contribution in [3.05, 3.63) is 35.1 Å². The van der Waals surface area contributed by atoms with Crippen molar-refractivity contribution in [1.29, 1.82) is 0 Å². The van der Waals surface area contributed by atoms with E-state index < -0.39 is 5.82 Å². The molecular weight excluding hydrogens is 237 g/mol. The topological polar surface area (TPSA) is 78.9 Å². The summed E-state index contributed by atoms with van der Waals surface area (Å²) >= 11 is 0. The molecule has 0 bridgehead atoms. The van der Waals surface area contributed by atoms with Gasteiger partial charge in [-0.1, -0.05) is 5.16 Å². The number of likely N-dealkylation sites (N-methyl/N-ethyl adjacent to an activating group) is 1. The number of amidine groups is 1. The van der Waals surface area contributed by atoms with Crippen LogP contribution >= 0.6 is 0 Å². The first-order valence-corrected chi connectivity index (χ1v) is 5.50. The van der Waals surface area contributed by atoms with Crippen molar-refractivity contribution >= 4 is 11.7 Å². The molecule has 0 heterocycles. The maximum atomic E-state index is 13.2. The van der Waals surface area contributed by atoms with Crippen LogP contribution < -0.4 is 5.73 Å². The lowest BCUT2D eigenvalue weighted by Crippen LogP contribution is -2.38. The summed E-state index contributed by atoms with van der Waals surface area (Å²) in [5.74, 6) is -0.886. The highest BCUT2D eigenvalue weighted by Gasteiger charge is 2.16. The molecule has 0 spiro atoms. The van der Waals surface area contributed by atoms with Crippen LogP contribution in [0.1, 0.15) is 22.8 Å². The Morgan fingerprint density at radius 2 is 2.17 bits per heavy atom. The molecule has 0 saturated heterocycles. The largest absolute Gasteiger partial charge is 0.409 e. The summed E-state index contributed by atoms with van der Waals surface area (Å²) in [4.78, 5) is 13.5. The molecule has 0 saturated carbocycles. The Bertz CT molecular complexity index is 454. The number of nitrogens with zero attached hydrogens (tertiary/aromatic N) is 2. The number of aryl methyl sites for hydroxylation is 1. The normalized spacial score (nSPS) is 11.4. The van der Waals surface area contributed by atoms with Crippen molar-refractivity contribution < 1.29 is 14.4 Å². The molecule has 0 aliphatic carbocycles. The summed E-state index contributed by atoms with van der Waals surface area (Å²) in [7, 11) is 0. The van der Waals surface area contributed by atoms with Crippen LogP contribution in [-0.4, -0.2) is 34.9 Å². The number of nitrogens with two attached hydrogens (primary N) is 1. The first-order valence-electron chi connectivity index (χ1n) is 5.50. The van der Waals surface area contributed by atoms with E-state index in [0.29, 0.717) is 12.1 Å². The second-order valence-electron chi connectivity index (χ2n) is 3.93. The number of oxime groups is 1. The van der Waals surface area contributed by atoms with Crippen LogP contribution in [0.4, 0.5) is 4.39 Å². The SMILES string of the molecule is CCN(C/C(N)=N/O)C(=O)c1cc(C)cc(F)c1. The zero-order valence-corrected chi connectivity index (χ0v) is 10.4. The predicted molar refractivity (Wildman–Crippen MR) is 66.1 cm³/mol. The highest BCUT2D eigenvalue weighted by Crippen LogP contribution is 2.11. The van der Waals surface area contributed by atoms with E-state index in [0.717, 1.165) is 0 Å². The molecule has 98 valence electrons. The average Bonchev–Trinajstić information content (AvgIpc) is 2.33. The van der Waals surface area contributed by atoms with Crippen molar-refractivity contribution in [3.63, 3.8) is 0 Å². The lowest BCUT2D eigenvalue weighted by molar-refractivity contribution is 0.0785. The molecule has 0 atom stereocenters. The van der Waals surface area contributed by atoms with Crippen LogP contribution in [-0.2, 0) is 0 Å². The number of benzene rings is 1. The molecule has 0 fully saturated rings. The first-order chi connectivity index (χ1) is 8.47. The second-order valence-corrected chi connectivity index (χ2v) is 3.93. The van der Waals surface area contributed by atoms with Crippen LogP contribution in [0.3, 0.4) is 0 Å². The second kappa shape index (κ2) is 6.00. The number of halogens is 1.